The number of unbranched alkanes of at least 4 members (excludes halogenated alkanes) is 1. The van der Waals surface area contributed by atoms with E-state index in [2.05, 4.69) is 45.0 Å². The maximum atomic E-state index is 12.7. The van der Waals surface area contributed by atoms with Crippen LogP contribution in [-0.4, -0.2) is 41.1 Å². The lowest BCUT2D eigenvalue weighted by Crippen LogP contribution is -2.25. The van der Waals surface area contributed by atoms with E-state index in [0.29, 0.717) is 11.0 Å². The second kappa shape index (κ2) is 9.69. The highest BCUT2D eigenvalue weighted by Gasteiger charge is 2.20. The molecule has 3 rings (SSSR count). The number of anilines is 1. The van der Waals surface area contributed by atoms with E-state index in [1.54, 1.807) is 21.6 Å². The van der Waals surface area contributed by atoms with Crippen molar-refractivity contribution in [3.8, 4) is 5.69 Å². The van der Waals surface area contributed by atoms with Gasteiger partial charge in [0.15, 0.2) is 0 Å². The molecule has 0 fully saturated rings. The summed E-state index contributed by atoms with van der Waals surface area (Å²) in [6.45, 7) is 8.06. The van der Waals surface area contributed by atoms with Crippen molar-refractivity contribution >= 4 is 23.5 Å². The van der Waals surface area contributed by atoms with Gasteiger partial charge < -0.3 is 5.32 Å². The number of carbonyl (C=O) groups excluding carboxylic acids is 1. The van der Waals surface area contributed by atoms with E-state index >= 15 is 0 Å². The third kappa shape index (κ3) is 5.23. The Morgan fingerprint density at radius 1 is 1.17 bits per heavy atom. The van der Waals surface area contributed by atoms with Gasteiger partial charge in [0.05, 0.1) is 17.1 Å². The maximum absolute atomic E-state index is 12.7. The van der Waals surface area contributed by atoms with Gasteiger partial charge >= 0.3 is 0 Å². The Hall–Kier alpha value is -2.68. The Bertz CT molecular complexity index is 932. The number of nitrogens with one attached hydrogen (secondary N) is 1. The van der Waals surface area contributed by atoms with Crippen LogP contribution in [0.25, 0.3) is 5.69 Å². The van der Waals surface area contributed by atoms with Gasteiger partial charge in [0, 0.05) is 12.1 Å². The number of nitrogens with zero attached hydrogens (tertiary/aromatic N) is 6. The largest absolute Gasteiger partial charge is 0.310 e. The Labute approximate surface area is 175 Å². The quantitative estimate of drug-likeness (QED) is 0.535. The van der Waals surface area contributed by atoms with E-state index in [1.807, 2.05) is 32.9 Å². The zero-order valence-electron chi connectivity index (χ0n) is 17.2. The van der Waals surface area contributed by atoms with Crippen LogP contribution in [0.1, 0.15) is 52.1 Å². The first-order valence-corrected chi connectivity index (χ1v) is 10.8. The van der Waals surface area contributed by atoms with Gasteiger partial charge in [-0.25, -0.2) is 4.68 Å². The number of hydrogen-bond acceptors (Lipinski definition) is 6. The van der Waals surface area contributed by atoms with Gasteiger partial charge in [0.1, 0.15) is 5.82 Å². The molecule has 154 valence electrons. The lowest BCUT2D eigenvalue weighted by Gasteiger charge is -2.14. The normalized spacial score (nSPS) is 12.3. The molecule has 0 aliphatic carbocycles. The summed E-state index contributed by atoms with van der Waals surface area (Å²) >= 11 is 1.32. The van der Waals surface area contributed by atoms with Crippen LogP contribution in [0.15, 0.2) is 41.7 Å². The molecule has 1 unspecified atom stereocenters. The number of tetrazole rings is 1. The van der Waals surface area contributed by atoms with Gasteiger partial charge in [-0.3, -0.25) is 4.79 Å². The van der Waals surface area contributed by atoms with Crippen LogP contribution >= 0.6 is 11.8 Å². The standard InChI is InChI=1S/C20H27N7OS/c1-5-6-7-16-8-10-17(11-9-16)27-20(23-24-25-27)29-15(4)19(28)22-18-12-13-21-26(18)14(2)3/h8-15H,5-7H2,1-4H3,(H,22,28). The third-order valence-corrected chi connectivity index (χ3v) is 5.54. The Morgan fingerprint density at radius 3 is 2.62 bits per heavy atom. The molecule has 29 heavy (non-hydrogen) atoms. The van der Waals surface area contributed by atoms with E-state index in [9.17, 15) is 4.79 Å². The van der Waals surface area contributed by atoms with Crippen molar-refractivity contribution < 1.29 is 4.79 Å². The van der Waals surface area contributed by atoms with Crippen LogP contribution in [0.4, 0.5) is 5.82 Å². The van der Waals surface area contributed by atoms with Crippen molar-refractivity contribution in [3.05, 3.63) is 42.1 Å². The molecule has 9 heteroatoms. The van der Waals surface area contributed by atoms with E-state index < -0.39 is 0 Å². The van der Waals surface area contributed by atoms with Gasteiger partial charge in [0.25, 0.3) is 0 Å². The molecule has 1 atom stereocenters. The minimum atomic E-state index is -0.376. The number of carbonyl (C=O) groups is 1. The summed E-state index contributed by atoms with van der Waals surface area (Å²) in [7, 11) is 0. The van der Waals surface area contributed by atoms with Crippen molar-refractivity contribution in [2.75, 3.05) is 5.32 Å². The molecule has 1 amide bonds. The molecule has 1 aromatic carbocycles. The zero-order chi connectivity index (χ0) is 20.8. The molecule has 0 saturated carbocycles. The fourth-order valence-electron chi connectivity index (χ4n) is 2.86. The van der Waals surface area contributed by atoms with E-state index in [-0.39, 0.29) is 17.2 Å². The van der Waals surface area contributed by atoms with E-state index in [0.717, 1.165) is 12.1 Å². The highest BCUT2D eigenvalue weighted by molar-refractivity contribution is 8.00. The molecule has 1 N–H and O–H groups in total. The summed E-state index contributed by atoms with van der Waals surface area (Å²) in [5, 5.41) is 19.4. The predicted molar refractivity (Wildman–Crippen MR) is 114 cm³/mol. The minimum Gasteiger partial charge on any atom is -0.310 e. The molecule has 2 heterocycles. The first-order chi connectivity index (χ1) is 14.0. The summed E-state index contributed by atoms with van der Waals surface area (Å²) in [6.07, 6.45) is 5.09. The molecule has 0 saturated heterocycles. The van der Waals surface area contributed by atoms with E-state index in [1.165, 1.54) is 30.2 Å². The molecule has 0 aliphatic rings. The van der Waals surface area contributed by atoms with Crippen molar-refractivity contribution in [1.82, 2.24) is 30.0 Å². The molecular weight excluding hydrogens is 386 g/mol. The molecule has 0 bridgehead atoms. The van der Waals surface area contributed by atoms with Crippen molar-refractivity contribution in [3.63, 3.8) is 0 Å². The molecule has 8 nitrogen and oxygen atoms in total. The molecule has 0 radical (unpaired) electrons. The van der Waals surface area contributed by atoms with Crippen molar-refractivity contribution in [1.29, 1.82) is 0 Å². The smallest absolute Gasteiger partial charge is 0.238 e. The number of amides is 1. The Balaban J connectivity index is 1.67. The molecular formula is C20H27N7OS. The van der Waals surface area contributed by atoms with Crippen LogP contribution in [0.3, 0.4) is 0 Å². The molecule has 2 aromatic heterocycles. The van der Waals surface area contributed by atoms with Crippen LogP contribution in [-0.2, 0) is 11.2 Å². The number of aryl methyl sites for hydroxylation is 1. The minimum absolute atomic E-state index is 0.123. The van der Waals surface area contributed by atoms with Gasteiger partial charge in [-0.1, -0.05) is 37.2 Å². The topological polar surface area (TPSA) is 90.5 Å². The summed E-state index contributed by atoms with van der Waals surface area (Å²) < 4.78 is 3.44. The van der Waals surface area contributed by atoms with Gasteiger partial charge in [-0.15, -0.1) is 5.10 Å². The number of aromatic nitrogens is 6. The third-order valence-electron chi connectivity index (χ3n) is 4.50. The maximum Gasteiger partial charge on any atom is 0.238 e. The number of rotatable bonds is 9. The SMILES string of the molecule is CCCCc1ccc(-n2nnnc2SC(C)C(=O)Nc2ccnn2C(C)C)cc1. The highest BCUT2D eigenvalue weighted by atomic mass is 32.2. The number of hydrogen-bond donors (Lipinski definition) is 1. The first kappa shape index (κ1) is 21.0. The zero-order valence-corrected chi connectivity index (χ0v) is 18.1. The summed E-state index contributed by atoms with van der Waals surface area (Å²) in [5.41, 5.74) is 2.18. The second-order valence-electron chi connectivity index (χ2n) is 7.15. The van der Waals surface area contributed by atoms with Gasteiger partial charge in [-0.2, -0.15) is 9.78 Å². The first-order valence-electron chi connectivity index (χ1n) is 9.88. The second-order valence-corrected chi connectivity index (χ2v) is 8.46. The van der Waals surface area contributed by atoms with E-state index in [4.69, 9.17) is 0 Å². The monoisotopic (exact) mass is 413 g/mol. The van der Waals surface area contributed by atoms with Crippen LogP contribution < -0.4 is 5.32 Å². The van der Waals surface area contributed by atoms with Crippen LogP contribution in [0.5, 0.6) is 0 Å². The molecule has 0 spiro atoms. The number of thioether (sulfide) groups is 1. The predicted octanol–water partition coefficient (Wildman–Crippen LogP) is 3.90. The van der Waals surface area contributed by atoms with Crippen LogP contribution in [0.2, 0.25) is 0 Å². The average molecular weight is 414 g/mol. The average Bonchev–Trinajstić information content (AvgIpc) is 3.36. The van der Waals surface area contributed by atoms with Crippen LogP contribution in [0, 0.1) is 0 Å². The Kier molecular flexibility index (Phi) is 7.03. The fourth-order valence-corrected chi connectivity index (χ4v) is 3.67. The van der Waals surface area contributed by atoms with Gasteiger partial charge in [-0.05, 0) is 61.7 Å². The van der Waals surface area contributed by atoms with Crippen molar-refractivity contribution in [2.45, 2.75) is 63.4 Å². The van der Waals surface area contributed by atoms with Crippen molar-refractivity contribution in [2.24, 2.45) is 0 Å². The summed E-state index contributed by atoms with van der Waals surface area (Å²) in [6, 6.07) is 10.2. The lowest BCUT2D eigenvalue weighted by molar-refractivity contribution is -0.115. The fraction of sp³-hybridized carbons (Fsp3) is 0.450. The molecule has 0 aliphatic heterocycles. The van der Waals surface area contributed by atoms with Gasteiger partial charge in [0.2, 0.25) is 11.1 Å². The highest BCUT2D eigenvalue weighted by Crippen LogP contribution is 2.24. The molecule has 3 aromatic rings. The summed E-state index contributed by atoms with van der Waals surface area (Å²) in [5.74, 6) is 0.557. The summed E-state index contributed by atoms with van der Waals surface area (Å²) in [4.78, 5) is 12.7. The lowest BCUT2D eigenvalue weighted by atomic mass is 10.1. The number of benzene rings is 1. The Morgan fingerprint density at radius 2 is 1.93 bits per heavy atom.